The van der Waals surface area contributed by atoms with Crippen LogP contribution in [0.5, 0.6) is 0 Å². The van der Waals surface area contributed by atoms with Crippen molar-refractivity contribution in [2.75, 3.05) is 20.1 Å². The van der Waals surface area contributed by atoms with Crippen molar-refractivity contribution in [3.63, 3.8) is 0 Å². The number of nitrogens with zero attached hydrogens (tertiary/aromatic N) is 1. The topological polar surface area (TPSA) is 15.3 Å². The Bertz CT molecular complexity index is 324. The van der Waals surface area contributed by atoms with Gasteiger partial charge in [-0.1, -0.05) is 30.3 Å². The molecular weight excluding hydrogens is 196 g/mol. The third-order valence-electron chi connectivity index (χ3n) is 3.22. The largest absolute Gasteiger partial charge is 0.377 e. The van der Waals surface area contributed by atoms with Crippen LogP contribution in [0.25, 0.3) is 6.08 Å². The minimum absolute atomic E-state index is 0.710. The molecule has 1 aromatic carbocycles. The van der Waals surface area contributed by atoms with E-state index in [2.05, 4.69) is 59.9 Å². The first-order valence-corrected chi connectivity index (χ1v) is 6.03. The predicted octanol–water partition coefficient (Wildman–Crippen LogP) is 2.34. The highest BCUT2D eigenvalue weighted by Gasteiger charge is 2.14. The van der Waals surface area contributed by atoms with Crippen LogP contribution in [-0.4, -0.2) is 31.1 Å². The fourth-order valence-corrected chi connectivity index (χ4v) is 2.09. The van der Waals surface area contributed by atoms with Gasteiger partial charge in [0.15, 0.2) is 0 Å². The quantitative estimate of drug-likeness (QED) is 0.834. The lowest BCUT2D eigenvalue weighted by atomic mass is 10.1. The van der Waals surface area contributed by atoms with Crippen LogP contribution in [0.2, 0.25) is 0 Å². The van der Waals surface area contributed by atoms with Crippen molar-refractivity contribution in [3.8, 4) is 0 Å². The molecular formula is C14H20N2. The second kappa shape index (κ2) is 5.71. The van der Waals surface area contributed by atoms with Gasteiger partial charge in [-0.15, -0.1) is 0 Å². The lowest BCUT2D eigenvalue weighted by Crippen LogP contribution is -2.38. The average Bonchev–Trinajstić information content (AvgIpc) is 2.38. The Morgan fingerprint density at radius 2 is 1.88 bits per heavy atom. The smallest absolute Gasteiger partial charge is 0.0187 e. The molecule has 1 fully saturated rings. The molecule has 0 aliphatic carbocycles. The van der Waals surface area contributed by atoms with E-state index in [1.807, 2.05) is 0 Å². The zero-order valence-electron chi connectivity index (χ0n) is 9.89. The van der Waals surface area contributed by atoms with Crippen LogP contribution in [0.3, 0.4) is 0 Å². The van der Waals surface area contributed by atoms with Gasteiger partial charge in [-0.2, -0.15) is 0 Å². The van der Waals surface area contributed by atoms with E-state index in [0.29, 0.717) is 6.04 Å². The van der Waals surface area contributed by atoms with Gasteiger partial charge in [-0.3, -0.25) is 0 Å². The first-order valence-electron chi connectivity index (χ1n) is 6.03. The van der Waals surface area contributed by atoms with E-state index in [-0.39, 0.29) is 0 Å². The Balaban J connectivity index is 1.85. The van der Waals surface area contributed by atoms with Crippen molar-refractivity contribution in [1.29, 1.82) is 0 Å². The van der Waals surface area contributed by atoms with Crippen LogP contribution in [0.4, 0.5) is 0 Å². The van der Waals surface area contributed by atoms with Gasteiger partial charge < -0.3 is 10.2 Å². The summed E-state index contributed by atoms with van der Waals surface area (Å²) >= 11 is 0. The van der Waals surface area contributed by atoms with Crippen molar-refractivity contribution in [1.82, 2.24) is 10.2 Å². The zero-order valence-corrected chi connectivity index (χ0v) is 9.89. The molecule has 0 aromatic heterocycles. The van der Waals surface area contributed by atoms with Crippen LogP contribution in [-0.2, 0) is 0 Å². The molecule has 86 valence electrons. The van der Waals surface area contributed by atoms with Crippen molar-refractivity contribution in [2.24, 2.45) is 0 Å². The summed E-state index contributed by atoms with van der Waals surface area (Å²) in [6.07, 6.45) is 6.91. The molecule has 0 spiro atoms. The maximum absolute atomic E-state index is 3.35. The predicted molar refractivity (Wildman–Crippen MR) is 69.1 cm³/mol. The lowest BCUT2D eigenvalue weighted by Gasteiger charge is -2.30. The molecule has 0 saturated carbocycles. The summed E-state index contributed by atoms with van der Waals surface area (Å²) in [7, 11) is 2.06. The van der Waals surface area contributed by atoms with Gasteiger partial charge in [-0.25, -0.2) is 0 Å². The summed E-state index contributed by atoms with van der Waals surface area (Å²) in [6.45, 7) is 2.32. The Labute approximate surface area is 98.0 Å². The van der Waals surface area contributed by atoms with E-state index in [4.69, 9.17) is 0 Å². The molecule has 0 unspecified atom stereocenters. The summed E-state index contributed by atoms with van der Waals surface area (Å²) in [5.74, 6) is 0. The van der Waals surface area contributed by atoms with Crippen molar-refractivity contribution >= 4 is 6.08 Å². The maximum Gasteiger partial charge on any atom is 0.0187 e. The second-order valence-electron chi connectivity index (χ2n) is 4.33. The summed E-state index contributed by atoms with van der Waals surface area (Å²) < 4.78 is 0. The molecule has 2 rings (SSSR count). The molecule has 0 amide bonds. The SMILES string of the molecule is CNC1CCN(C=Cc2ccccc2)CC1. The van der Waals surface area contributed by atoms with Crippen molar-refractivity contribution in [3.05, 3.63) is 42.1 Å². The van der Waals surface area contributed by atoms with Gasteiger partial charge in [0, 0.05) is 19.1 Å². The molecule has 2 nitrogen and oxygen atoms in total. The minimum atomic E-state index is 0.710. The number of rotatable bonds is 3. The maximum atomic E-state index is 3.35. The van der Waals surface area contributed by atoms with Gasteiger partial charge in [0.2, 0.25) is 0 Å². The fraction of sp³-hybridized carbons (Fsp3) is 0.429. The third kappa shape index (κ3) is 3.11. The number of hydrogen-bond donors (Lipinski definition) is 1. The lowest BCUT2D eigenvalue weighted by molar-refractivity contribution is 0.267. The highest BCUT2D eigenvalue weighted by atomic mass is 15.1. The summed E-state index contributed by atoms with van der Waals surface area (Å²) in [6, 6.07) is 11.2. The molecule has 1 aromatic rings. The standard InChI is InChI=1S/C14H20N2/c1-15-14-8-11-16(12-9-14)10-7-13-5-3-2-4-6-13/h2-7,10,14-15H,8-9,11-12H2,1H3. The van der Waals surface area contributed by atoms with Crippen LogP contribution in [0, 0.1) is 0 Å². The molecule has 16 heavy (non-hydrogen) atoms. The summed E-state index contributed by atoms with van der Waals surface area (Å²) in [5.41, 5.74) is 1.28. The van der Waals surface area contributed by atoms with Crippen LogP contribution >= 0.6 is 0 Å². The molecule has 1 saturated heterocycles. The van der Waals surface area contributed by atoms with Crippen LogP contribution in [0.1, 0.15) is 18.4 Å². The minimum Gasteiger partial charge on any atom is -0.377 e. The monoisotopic (exact) mass is 216 g/mol. The van der Waals surface area contributed by atoms with E-state index in [1.54, 1.807) is 0 Å². The number of piperidine rings is 1. The van der Waals surface area contributed by atoms with E-state index in [0.717, 1.165) is 13.1 Å². The van der Waals surface area contributed by atoms with Gasteiger partial charge in [0.25, 0.3) is 0 Å². The van der Waals surface area contributed by atoms with Gasteiger partial charge >= 0.3 is 0 Å². The summed E-state index contributed by atoms with van der Waals surface area (Å²) in [4.78, 5) is 2.40. The number of nitrogens with one attached hydrogen (secondary N) is 1. The van der Waals surface area contributed by atoms with Crippen LogP contribution in [0.15, 0.2) is 36.5 Å². The average molecular weight is 216 g/mol. The zero-order chi connectivity index (χ0) is 11.2. The Morgan fingerprint density at radius 3 is 2.50 bits per heavy atom. The third-order valence-corrected chi connectivity index (χ3v) is 3.22. The van der Waals surface area contributed by atoms with E-state index >= 15 is 0 Å². The number of benzene rings is 1. The Morgan fingerprint density at radius 1 is 1.19 bits per heavy atom. The van der Waals surface area contributed by atoms with Crippen molar-refractivity contribution in [2.45, 2.75) is 18.9 Å². The highest BCUT2D eigenvalue weighted by Crippen LogP contribution is 2.11. The number of hydrogen-bond acceptors (Lipinski definition) is 2. The molecule has 1 aliphatic rings. The molecule has 1 aliphatic heterocycles. The van der Waals surface area contributed by atoms with Gasteiger partial charge in [0.1, 0.15) is 0 Å². The molecule has 2 heteroatoms. The van der Waals surface area contributed by atoms with E-state index in [1.165, 1.54) is 18.4 Å². The Kier molecular flexibility index (Phi) is 4.00. The normalized spacial score (nSPS) is 18.2. The molecule has 1 heterocycles. The first kappa shape index (κ1) is 11.2. The van der Waals surface area contributed by atoms with E-state index < -0.39 is 0 Å². The molecule has 0 bridgehead atoms. The molecule has 0 radical (unpaired) electrons. The van der Waals surface area contributed by atoms with Crippen LogP contribution < -0.4 is 5.32 Å². The summed E-state index contributed by atoms with van der Waals surface area (Å²) in [5, 5.41) is 3.35. The van der Waals surface area contributed by atoms with Gasteiger partial charge in [0.05, 0.1) is 0 Å². The number of likely N-dealkylation sites (tertiary alicyclic amines) is 1. The van der Waals surface area contributed by atoms with Crippen molar-refractivity contribution < 1.29 is 0 Å². The highest BCUT2D eigenvalue weighted by molar-refractivity contribution is 5.48. The Hall–Kier alpha value is -1.28. The first-order chi connectivity index (χ1) is 7.88. The second-order valence-corrected chi connectivity index (χ2v) is 4.33. The molecule has 0 atom stereocenters. The van der Waals surface area contributed by atoms with Gasteiger partial charge in [-0.05, 0) is 37.7 Å². The van der Waals surface area contributed by atoms with E-state index in [9.17, 15) is 0 Å². The fourth-order valence-electron chi connectivity index (χ4n) is 2.09. The molecule has 1 N–H and O–H groups in total.